The molecule has 21 heavy (non-hydrogen) atoms. The van der Waals surface area contributed by atoms with Gasteiger partial charge in [-0.25, -0.2) is 0 Å². The van der Waals surface area contributed by atoms with Crippen molar-refractivity contribution >= 4 is 6.21 Å². The van der Waals surface area contributed by atoms with Gasteiger partial charge in [0.05, 0.1) is 0 Å². The predicted molar refractivity (Wildman–Crippen MR) is 98.0 cm³/mol. The minimum atomic E-state index is 0.645. The van der Waals surface area contributed by atoms with Gasteiger partial charge in [0.15, 0.2) is 0 Å². The van der Waals surface area contributed by atoms with Crippen molar-refractivity contribution in [2.45, 2.75) is 78.1 Å². The van der Waals surface area contributed by atoms with Crippen molar-refractivity contribution in [2.24, 2.45) is 10.9 Å². The summed E-state index contributed by atoms with van der Waals surface area (Å²) < 4.78 is 0. The van der Waals surface area contributed by atoms with Gasteiger partial charge in [0.25, 0.3) is 0 Å². The average Bonchev–Trinajstić information content (AvgIpc) is 2.50. The summed E-state index contributed by atoms with van der Waals surface area (Å²) in [4.78, 5) is 4.07. The second-order valence-corrected chi connectivity index (χ2v) is 5.75. The van der Waals surface area contributed by atoms with E-state index in [2.05, 4.69) is 38.1 Å². The van der Waals surface area contributed by atoms with Crippen LogP contribution in [0.5, 0.6) is 0 Å². The maximum atomic E-state index is 4.07. The van der Waals surface area contributed by atoms with Crippen molar-refractivity contribution in [2.75, 3.05) is 0 Å². The standard InChI is InChI=1S/C20H35N/c1-5-9-11-12-14-16-20(15-13-10-6-2)19(7-3)17-18-21-8-4/h7-8,17-18,20H,3-6,9-16H2,1-2H3/b19-17+,21-18?. The fourth-order valence-corrected chi connectivity index (χ4v) is 2.67. The number of rotatable bonds is 14. The van der Waals surface area contributed by atoms with E-state index < -0.39 is 0 Å². The molecule has 1 unspecified atom stereocenters. The van der Waals surface area contributed by atoms with Crippen molar-refractivity contribution in [3.8, 4) is 0 Å². The summed E-state index contributed by atoms with van der Waals surface area (Å²) in [5, 5.41) is 0. The SMILES string of the molecule is C=CN=C/C=C(\C=C)C(CCCCC)CCCCCCC. The fraction of sp³-hybridized carbons (Fsp3) is 0.650. The third-order valence-electron chi connectivity index (χ3n) is 3.98. The lowest BCUT2D eigenvalue weighted by Gasteiger charge is -2.18. The maximum Gasteiger partial charge on any atom is 0.0270 e. The largest absolute Gasteiger partial charge is 0.265 e. The molecule has 0 radical (unpaired) electrons. The zero-order chi connectivity index (χ0) is 15.8. The molecule has 0 bridgehead atoms. The number of nitrogens with zero attached hydrogens (tertiary/aromatic N) is 1. The van der Waals surface area contributed by atoms with E-state index in [1.807, 2.05) is 12.3 Å². The highest BCUT2D eigenvalue weighted by Crippen LogP contribution is 2.25. The van der Waals surface area contributed by atoms with Crippen LogP contribution >= 0.6 is 0 Å². The van der Waals surface area contributed by atoms with Crippen LogP contribution in [0.15, 0.2) is 42.1 Å². The Hall–Kier alpha value is -1.11. The van der Waals surface area contributed by atoms with Crippen LogP contribution in [0.4, 0.5) is 0 Å². The molecule has 0 aliphatic rings. The lowest BCUT2D eigenvalue weighted by molar-refractivity contribution is 0.462. The molecule has 0 spiro atoms. The van der Waals surface area contributed by atoms with Gasteiger partial charge in [-0.05, 0) is 30.4 Å². The Morgan fingerprint density at radius 1 is 0.905 bits per heavy atom. The van der Waals surface area contributed by atoms with Gasteiger partial charge in [-0.1, -0.05) is 84.4 Å². The zero-order valence-corrected chi connectivity index (χ0v) is 14.3. The lowest BCUT2D eigenvalue weighted by Crippen LogP contribution is -2.04. The van der Waals surface area contributed by atoms with Crippen LogP contribution in [-0.2, 0) is 0 Å². The number of allylic oxidation sites excluding steroid dienone is 3. The van der Waals surface area contributed by atoms with Gasteiger partial charge in [0.1, 0.15) is 0 Å². The molecule has 1 nitrogen and oxygen atoms in total. The van der Waals surface area contributed by atoms with Crippen LogP contribution in [0.2, 0.25) is 0 Å². The van der Waals surface area contributed by atoms with Crippen LogP contribution in [0.1, 0.15) is 78.1 Å². The normalized spacial score (nSPS) is 13.5. The van der Waals surface area contributed by atoms with E-state index in [9.17, 15) is 0 Å². The van der Waals surface area contributed by atoms with Crippen LogP contribution in [-0.4, -0.2) is 6.21 Å². The van der Waals surface area contributed by atoms with Crippen LogP contribution < -0.4 is 0 Å². The summed E-state index contributed by atoms with van der Waals surface area (Å²) in [7, 11) is 0. The Morgan fingerprint density at radius 3 is 2.05 bits per heavy atom. The third-order valence-corrected chi connectivity index (χ3v) is 3.98. The second kappa shape index (κ2) is 15.3. The Labute approximate surface area is 132 Å². The molecule has 120 valence electrons. The second-order valence-electron chi connectivity index (χ2n) is 5.75. The number of aliphatic imine (C=N–C) groups is 1. The van der Waals surface area contributed by atoms with Gasteiger partial charge in [-0.3, -0.25) is 4.99 Å². The van der Waals surface area contributed by atoms with Gasteiger partial charge in [-0.15, -0.1) is 0 Å². The molecular weight excluding hydrogens is 254 g/mol. The molecule has 0 fully saturated rings. The number of hydrogen-bond donors (Lipinski definition) is 0. The van der Waals surface area contributed by atoms with Crippen molar-refractivity contribution in [1.29, 1.82) is 0 Å². The predicted octanol–water partition coefficient (Wildman–Crippen LogP) is 6.87. The monoisotopic (exact) mass is 289 g/mol. The first kappa shape index (κ1) is 19.9. The number of unbranched alkanes of at least 4 members (excludes halogenated alkanes) is 6. The highest BCUT2D eigenvalue weighted by Gasteiger charge is 2.11. The smallest absolute Gasteiger partial charge is 0.0270 e. The van der Waals surface area contributed by atoms with Gasteiger partial charge in [0.2, 0.25) is 0 Å². The van der Waals surface area contributed by atoms with Gasteiger partial charge in [-0.2, -0.15) is 0 Å². The first-order valence-electron chi connectivity index (χ1n) is 8.76. The Balaban J connectivity index is 4.45. The van der Waals surface area contributed by atoms with Crippen LogP contribution in [0, 0.1) is 5.92 Å². The molecule has 0 saturated heterocycles. The van der Waals surface area contributed by atoms with E-state index in [0.29, 0.717) is 5.92 Å². The van der Waals surface area contributed by atoms with E-state index in [0.717, 1.165) is 0 Å². The molecule has 0 amide bonds. The molecule has 1 heteroatoms. The summed E-state index contributed by atoms with van der Waals surface area (Å²) >= 11 is 0. The number of hydrogen-bond acceptors (Lipinski definition) is 1. The highest BCUT2D eigenvalue weighted by atomic mass is 14.6. The molecule has 0 rings (SSSR count). The molecule has 1 atom stereocenters. The molecule has 0 saturated carbocycles. The maximum absolute atomic E-state index is 4.07. The minimum absolute atomic E-state index is 0.645. The summed E-state index contributed by atoms with van der Waals surface area (Å²) in [5.41, 5.74) is 1.34. The quantitative estimate of drug-likeness (QED) is 0.188. The summed E-state index contributed by atoms with van der Waals surface area (Å²) in [6.45, 7) is 12.1. The molecule has 0 N–H and O–H groups in total. The van der Waals surface area contributed by atoms with Gasteiger partial charge in [0, 0.05) is 12.4 Å². The topological polar surface area (TPSA) is 12.4 Å². The summed E-state index contributed by atoms with van der Waals surface area (Å²) in [6, 6.07) is 0. The van der Waals surface area contributed by atoms with Crippen molar-refractivity contribution in [1.82, 2.24) is 0 Å². The summed E-state index contributed by atoms with van der Waals surface area (Å²) in [6.07, 6.45) is 20.8. The first-order chi connectivity index (χ1) is 10.3. The van der Waals surface area contributed by atoms with Gasteiger partial charge < -0.3 is 0 Å². The molecule has 0 aliphatic carbocycles. The van der Waals surface area contributed by atoms with E-state index in [1.165, 1.54) is 69.8 Å². The minimum Gasteiger partial charge on any atom is -0.265 e. The van der Waals surface area contributed by atoms with E-state index in [1.54, 1.807) is 6.20 Å². The lowest BCUT2D eigenvalue weighted by atomic mass is 9.87. The van der Waals surface area contributed by atoms with E-state index in [4.69, 9.17) is 0 Å². The highest BCUT2D eigenvalue weighted by molar-refractivity contribution is 5.73. The van der Waals surface area contributed by atoms with Crippen LogP contribution in [0.3, 0.4) is 0 Å². The van der Waals surface area contributed by atoms with Crippen LogP contribution in [0.25, 0.3) is 0 Å². The van der Waals surface area contributed by atoms with Crippen molar-refractivity contribution in [3.63, 3.8) is 0 Å². The molecular formula is C20H35N. The average molecular weight is 290 g/mol. The summed E-state index contributed by atoms with van der Waals surface area (Å²) in [5.74, 6) is 0.645. The fourth-order valence-electron chi connectivity index (χ4n) is 2.67. The van der Waals surface area contributed by atoms with E-state index in [-0.39, 0.29) is 0 Å². The Kier molecular flexibility index (Phi) is 14.5. The van der Waals surface area contributed by atoms with E-state index >= 15 is 0 Å². The Bertz CT molecular complexity index is 312. The van der Waals surface area contributed by atoms with Crippen molar-refractivity contribution in [3.05, 3.63) is 37.1 Å². The van der Waals surface area contributed by atoms with Gasteiger partial charge >= 0.3 is 0 Å². The zero-order valence-electron chi connectivity index (χ0n) is 14.3. The first-order valence-corrected chi connectivity index (χ1v) is 8.76. The molecule has 0 aromatic heterocycles. The van der Waals surface area contributed by atoms with Crippen molar-refractivity contribution < 1.29 is 0 Å². The molecule has 0 aromatic carbocycles. The molecule has 0 aliphatic heterocycles. The molecule has 0 aromatic rings. The third kappa shape index (κ3) is 11.2. The molecule has 0 heterocycles. The Morgan fingerprint density at radius 2 is 1.48 bits per heavy atom.